The fraction of sp³-hybridized carbons (Fsp3) is 0.667. The van der Waals surface area contributed by atoms with Gasteiger partial charge in [-0.25, -0.2) is 0 Å². The van der Waals surface area contributed by atoms with E-state index in [1.165, 1.54) is 0 Å². The molecule has 0 aromatic rings. The maximum Gasteiger partial charge on any atom is 0.169 e. The summed E-state index contributed by atoms with van der Waals surface area (Å²) in [5.41, 5.74) is 0. The molecule has 0 saturated carbocycles. The summed E-state index contributed by atoms with van der Waals surface area (Å²) in [6, 6.07) is 0. The molecule has 0 amide bonds. The molecule has 1 nitrogen and oxygen atoms in total. The van der Waals surface area contributed by atoms with Gasteiger partial charge in [0.2, 0.25) is 0 Å². The van der Waals surface area contributed by atoms with Gasteiger partial charge in [-0.2, -0.15) is 0 Å². The Hall–Kier alpha value is 0.134. The summed E-state index contributed by atoms with van der Waals surface area (Å²) in [5, 5.41) is 0. The maximum absolute atomic E-state index is 5.51. The van der Waals surface area contributed by atoms with E-state index in [1.54, 1.807) is 0 Å². The minimum Gasteiger partial charge on any atom is -0.461 e. The van der Waals surface area contributed by atoms with Gasteiger partial charge in [-0.3, -0.25) is 0 Å². The largest absolute Gasteiger partial charge is 0.461 e. The molecule has 0 unspecified atom stereocenters. The lowest BCUT2D eigenvalue weighted by Gasteiger charge is -2.14. The van der Waals surface area contributed by atoms with Crippen molar-refractivity contribution in [3.8, 4) is 0 Å². The zero-order valence-electron chi connectivity index (χ0n) is 7.03. The highest BCUT2D eigenvalue weighted by atomic mass is 28.4. The highest BCUT2D eigenvalue weighted by molar-refractivity contribution is 6.73. The Morgan fingerprint density at radius 1 is 1.22 bits per heavy atom. The van der Waals surface area contributed by atoms with Crippen LogP contribution < -0.4 is 0 Å². The summed E-state index contributed by atoms with van der Waals surface area (Å²) in [7, 11) is -1.22. The topological polar surface area (TPSA) is 9.23 Å². The molecule has 0 saturated heterocycles. The fourth-order valence-corrected chi connectivity index (χ4v) is 3.90. The fourth-order valence-electron chi connectivity index (χ4n) is 0.433. The molecule has 3 heteroatoms. The van der Waals surface area contributed by atoms with E-state index in [1.807, 2.05) is 0 Å². The van der Waals surface area contributed by atoms with Crippen LogP contribution in [0.1, 0.15) is 0 Å². The van der Waals surface area contributed by atoms with E-state index in [0.717, 1.165) is 0 Å². The Kier molecular flexibility index (Phi) is 8.25. The van der Waals surface area contributed by atoms with Gasteiger partial charge in [0.05, 0.1) is 0 Å². The van der Waals surface area contributed by atoms with Crippen LogP contribution in [0.4, 0.5) is 0 Å². The van der Waals surface area contributed by atoms with E-state index in [0.29, 0.717) is 0 Å². The first-order chi connectivity index (χ1) is 4.06. The van der Waals surface area contributed by atoms with Gasteiger partial charge in [-0.1, -0.05) is 6.55 Å². The summed E-state index contributed by atoms with van der Waals surface area (Å²) in [5.74, 6) is 0. The Morgan fingerprint density at radius 3 is 1.56 bits per heavy atom. The van der Waals surface area contributed by atoms with Crippen LogP contribution in [0.25, 0.3) is 0 Å². The highest BCUT2D eigenvalue weighted by Crippen LogP contribution is 1.99. The number of hydrogen-bond acceptors (Lipinski definition) is 1. The molecule has 9 heavy (non-hydrogen) atoms. The van der Waals surface area contributed by atoms with Crippen LogP contribution in [0.3, 0.4) is 0 Å². The van der Waals surface area contributed by atoms with Gasteiger partial charge < -0.3 is 4.12 Å². The molecule has 56 valence electrons. The first-order valence-corrected chi connectivity index (χ1v) is 8.60. The van der Waals surface area contributed by atoms with E-state index in [2.05, 4.69) is 39.3 Å². The van der Waals surface area contributed by atoms with Gasteiger partial charge in [0.1, 0.15) is 9.76 Å². The normalized spacial score (nSPS) is 11.1. The van der Waals surface area contributed by atoms with E-state index < -0.39 is 8.32 Å². The summed E-state index contributed by atoms with van der Waals surface area (Å²) in [6.45, 7) is 14.9. The van der Waals surface area contributed by atoms with Crippen LogP contribution in [-0.2, 0) is 4.12 Å². The predicted molar refractivity (Wildman–Crippen MR) is 50.1 cm³/mol. The molecule has 0 aromatic carbocycles. The Morgan fingerprint density at radius 2 is 1.56 bits per heavy atom. The molecular formula is C6H18OSi2. The van der Waals surface area contributed by atoms with Crippen LogP contribution >= 0.6 is 0 Å². The van der Waals surface area contributed by atoms with Gasteiger partial charge in [-0.05, 0) is 19.6 Å². The molecule has 0 fully saturated rings. The molecule has 0 aromatic heterocycles. The van der Waals surface area contributed by atoms with Crippen molar-refractivity contribution < 1.29 is 4.12 Å². The predicted octanol–water partition coefficient (Wildman–Crippen LogP) is 1.77. The Balaban J connectivity index is 0. The van der Waals surface area contributed by atoms with Gasteiger partial charge in [0.15, 0.2) is 8.32 Å². The summed E-state index contributed by atoms with van der Waals surface area (Å²) >= 11 is 0. The Labute approximate surface area is 62.2 Å². The van der Waals surface area contributed by atoms with E-state index in [4.69, 9.17) is 4.12 Å². The average molecular weight is 162 g/mol. The van der Waals surface area contributed by atoms with E-state index >= 15 is 0 Å². The lowest BCUT2D eigenvalue weighted by Crippen LogP contribution is -2.26. The van der Waals surface area contributed by atoms with Gasteiger partial charge in [0.25, 0.3) is 0 Å². The van der Waals surface area contributed by atoms with Crippen molar-refractivity contribution in [1.29, 1.82) is 0 Å². The van der Waals surface area contributed by atoms with Crippen LogP contribution in [0.2, 0.25) is 26.2 Å². The monoisotopic (exact) mass is 162 g/mol. The van der Waals surface area contributed by atoms with E-state index in [-0.39, 0.29) is 9.76 Å². The molecule has 0 N–H and O–H groups in total. The minimum absolute atomic E-state index is 0.128. The quantitative estimate of drug-likeness (QED) is 0.444. The van der Waals surface area contributed by atoms with Crippen molar-refractivity contribution in [3.63, 3.8) is 0 Å². The molecule has 0 rings (SSSR count). The average Bonchev–Trinajstić information content (AvgIpc) is 1.69. The SMILES string of the molecule is C=C.C[SiH2]O[Si](C)(C)C. The standard InChI is InChI=1S/C4H14OSi2.C2H4/c1-6-5-7(2,3)4;1-2/h6H2,1-4H3;1-2H2. The first kappa shape index (κ1) is 11.9. The molecule has 0 bridgehead atoms. The third-order valence-corrected chi connectivity index (χ3v) is 5.20. The molecule has 0 spiro atoms. The lowest BCUT2D eigenvalue weighted by atomic mass is 11.3. The molecule has 0 atom stereocenters. The molecule has 0 aliphatic carbocycles. The number of hydrogen-bond donors (Lipinski definition) is 0. The summed E-state index contributed by atoms with van der Waals surface area (Å²) in [4.78, 5) is 0. The van der Waals surface area contributed by atoms with Crippen molar-refractivity contribution in [2.24, 2.45) is 0 Å². The van der Waals surface area contributed by atoms with Gasteiger partial charge in [-0.15, -0.1) is 13.2 Å². The minimum atomic E-state index is -1.10. The molecular weight excluding hydrogens is 144 g/mol. The van der Waals surface area contributed by atoms with Crippen LogP contribution in [-0.4, -0.2) is 18.1 Å². The van der Waals surface area contributed by atoms with Crippen molar-refractivity contribution in [2.75, 3.05) is 0 Å². The molecule has 0 aliphatic heterocycles. The second-order valence-electron chi connectivity index (χ2n) is 2.55. The first-order valence-electron chi connectivity index (χ1n) is 3.20. The Bertz CT molecular complexity index is 58.6. The van der Waals surface area contributed by atoms with Crippen LogP contribution in [0.5, 0.6) is 0 Å². The lowest BCUT2D eigenvalue weighted by molar-refractivity contribution is 0.603. The zero-order valence-corrected chi connectivity index (χ0v) is 9.44. The summed E-state index contributed by atoms with van der Waals surface area (Å²) < 4.78 is 5.51. The number of rotatable bonds is 2. The molecule has 0 aliphatic rings. The van der Waals surface area contributed by atoms with Crippen molar-refractivity contribution in [2.45, 2.75) is 26.2 Å². The third-order valence-electron chi connectivity index (χ3n) is 0.577. The second kappa shape index (κ2) is 6.26. The van der Waals surface area contributed by atoms with Crippen LogP contribution in [0, 0.1) is 0 Å². The highest BCUT2D eigenvalue weighted by Gasteiger charge is 2.10. The van der Waals surface area contributed by atoms with E-state index in [9.17, 15) is 0 Å². The van der Waals surface area contributed by atoms with Gasteiger partial charge in [0, 0.05) is 0 Å². The summed E-state index contributed by atoms with van der Waals surface area (Å²) in [6.07, 6.45) is 0. The molecule has 0 heterocycles. The van der Waals surface area contributed by atoms with Crippen LogP contribution in [0.15, 0.2) is 13.2 Å². The second-order valence-corrected chi connectivity index (χ2v) is 8.50. The van der Waals surface area contributed by atoms with Crippen molar-refractivity contribution >= 4 is 18.1 Å². The smallest absolute Gasteiger partial charge is 0.169 e. The van der Waals surface area contributed by atoms with Gasteiger partial charge >= 0.3 is 0 Å². The zero-order chi connectivity index (χ0) is 7.91. The molecule has 0 radical (unpaired) electrons. The third kappa shape index (κ3) is 17.9. The van der Waals surface area contributed by atoms with Crippen molar-refractivity contribution in [1.82, 2.24) is 0 Å². The maximum atomic E-state index is 5.51. The van der Waals surface area contributed by atoms with Crippen molar-refractivity contribution in [3.05, 3.63) is 13.2 Å².